The Labute approximate surface area is 136 Å². The second kappa shape index (κ2) is 7.45. The maximum absolute atomic E-state index is 11.0. The first-order valence-electron chi connectivity index (χ1n) is 7.46. The number of hydrogen-bond donors (Lipinski definition) is 1. The summed E-state index contributed by atoms with van der Waals surface area (Å²) in [4.78, 5) is 11.0. The lowest BCUT2D eigenvalue weighted by atomic mass is 9.92. The number of hydrogen-bond acceptors (Lipinski definition) is 3. The highest BCUT2D eigenvalue weighted by molar-refractivity contribution is 6.04. The van der Waals surface area contributed by atoms with Crippen LogP contribution < -0.4 is 4.74 Å². The molecule has 0 heterocycles. The van der Waals surface area contributed by atoms with Crippen molar-refractivity contribution in [3.8, 4) is 11.5 Å². The van der Waals surface area contributed by atoms with Crippen LogP contribution >= 0.6 is 0 Å². The molecule has 0 saturated carbocycles. The maximum atomic E-state index is 11.0. The molecule has 23 heavy (non-hydrogen) atoms. The number of ether oxygens (including phenoxy) is 1. The molecule has 3 nitrogen and oxygen atoms in total. The van der Waals surface area contributed by atoms with Gasteiger partial charge in [0.25, 0.3) is 0 Å². The molecule has 0 aliphatic rings. The minimum atomic E-state index is -0.331. The molecule has 0 aliphatic heterocycles. The van der Waals surface area contributed by atoms with E-state index in [0.29, 0.717) is 5.75 Å². The zero-order chi connectivity index (χ0) is 16.8. The number of phenolic OH excluding ortho intramolecular Hbond substituents is 1. The largest absolute Gasteiger partial charge is 0.508 e. The van der Waals surface area contributed by atoms with Gasteiger partial charge in [0, 0.05) is 6.92 Å². The van der Waals surface area contributed by atoms with E-state index in [9.17, 15) is 9.90 Å². The van der Waals surface area contributed by atoms with Crippen LogP contribution in [0, 0.1) is 0 Å². The summed E-state index contributed by atoms with van der Waals surface area (Å²) in [5.74, 6) is 0.447. The van der Waals surface area contributed by atoms with E-state index in [1.54, 1.807) is 24.3 Å². The molecule has 0 spiro atoms. The van der Waals surface area contributed by atoms with Crippen molar-refractivity contribution >= 4 is 17.1 Å². The number of rotatable bonds is 4. The van der Waals surface area contributed by atoms with Crippen LogP contribution in [0.5, 0.6) is 11.5 Å². The third kappa shape index (κ3) is 4.10. The van der Waals surface area contributed by atoms with E-state index >= 15 is 0 Å². The van der Waals surface area contributed by atoms with E-state index < -0.39 is 0 Å². The van der Waals surface area contributed by atoms with Crippen LogP contribution in [-0.4, -0.2) is 11.1 Å². The van der Waals surface area contributed by atoms with Crippen LogP contribution in [0.4, 0.5) is 0 Å². The summed E-state index contributed by atoms with van der Waals surface area (Å²) in [6.45, 7) is 5.35. The lowest BCUT2D eigenvalue weighted by Crippen LogP contribution is -2.01. The molecule has 0 radical (unpaired) electrons. The van der Waals surface area contributed by atoms with Crippen molar-refractivity contribution in [3.63, 3.8) is 0 Å². The Hall–Kier alpha value is -2.81. The summed E-state index contributed by atoms with van der Waals surface area (Å²) >= 11 is 0. The summed E-state index contributed by atoms with van der Waals surface area (Å²) < 4.78 is 5.07. The molecule has 2 aromatic rings. The molecule has 1 N–H and O–H groups in total. The summed E-state index contributed by atoms with van der Waals surface area (Å²) in [7, 11) is 0. The van der Waals surface area contributed by atoms with Gasteiger partial charge in [0.2, 0.25) is 0 Å². The number of benzene rings is 2. The highest BCUT2D eigenvalue weighted by atomic mass is 16.5. The fourth-order valence-corrected chi connectivity index (χ4v) is 2.46. The predicted molar refractivity (Wildman–Crippen MR) is 93.2 cm³/mol. The summed E-state index contributed by atoms with van der Waals surface area (Å²) in [5.41, 5.74) is 4.22. The first-order chi connectivity index (χ1) is 11.0. The van der Waals surface area contributed by atoms with Crippen molar-refractivity contribution < 1.29 is 14.6 Å². The van der Waals surface area contributed by atoms with Gasteiger partial charge in [-0.1, -0.05) is 36.4 Å². The van der Waals surface area contributed by atoms with E-state index in [4.69, 9.17) is 4.74 Å². The summed E-state index contributed by atoms with van der Waals surface area (Å²) in [6, 6.07) is 14.6. The maximum Gasteiger partial charge on any atom is 0.308 e. The molecule has 0 atom stereocenters. The standard InChI is InChI=1S/C20H20O3/c1-4-19(15-6-10-17(22)11-7-15)20(5-2)16-8-12-18(13-9-16)23-14(3)21/h4-13,22H,1-3H3/b19-4+,20-5+. The zero-order valence-electron chi connectivity index (χ0n) is 13.5. The average Bonchev–Trinajstić information content (AvgIpc) is 2.54. The zero-order valence-corrected chi connectivity index (χ0v) is 13.5. The van der Waals surface area contributed by atoms with Crippen molar-refractivity contribution in [2.45, 2.75) is 20.8 Å². The molecule has 0 aliphatic carbocycles. The Balaban J connectivity index is 2.34. The van der Waals surface area contributed by atoms with Crippen LogP contribution in [0.15, 0.2) is 60.7 Å². The number of allylic oxidation sites excluding steroid dienone is 4. The second-order valence-corrected chi connectivity index (χ2v) is 5.07. The molecule has 0 unspecified atom stereocenters. The second-order valence-electron chi connectivity index (χ2n) is 5.07. The van der Waals surface area contributed by atoms with Gasteiger partial charge in [-0.05, 0) is 60.4 Å². The molecule has 0 bridgehead atoms. The van der Waals surface area contributed by atoms with Crippen LogP contribution in [0.2, 0.25) is 0 Å². The molecule has 0 saturated heterocycles. The van der Waals surface area contributed by atoms with Crippen LogP contribution in [-0.2, 0) is 4.79 Å². The number of carbonyl (C=O) groups excluding carboxylic acids is 1. The van der Waals surface area contributed by atoms with Gasteiger partial charge in [-0.25, -0.2) is 0 Å². The highest BCUT2D eigenvalue weighted by Gasteiger charge is 2.10. The van der Waals surface area contributed by atoms with E-state index in [-0.39, 0.29) is 11.7 Å². The third-order valence-corrected chi connectivity index (χ3v) is 3.47. The number of carbonyl (C=O) groups is 1. The molecule has 0 aromatic heterocycles. The number of phenols is 1. The van der Waals surface area contributed by atoms with E-state index in [1.807, 2.05) is 50.3 Å². The minimum Gasteiger partial charge on any atom is -0.508 e. The molecular weight excluding hydrogens is 288 g/mol. The van der Waals surface area contributed by atoms with E-state index in [1.165, 1.54) is 6.92 Å². The van der Waals surface area contributed by atoms with Crippen LogP contribution in [0.25, 0.3) is 11.1 Å². The predicted octanol–water partition coefficient (Wildman–Crippen LogP) is 4.82. The van der Waals surface area contributed by atoms with Gasteiger partial charge >= 0.3 is 5.97 Å². The molecule has 2 rings (SSSR count). The van der Waals surface area contributed by atoms with Crippen molar-refractivity contribution in [3.05, 3.63) is 71.8 Å². The van der Waals surface area contributed by atoms with Crippen molar-refractivity contribution in [2.75, 3.05) is 0 Å². The monoisotopic (exact) mass is 308 g/mol. The fourth-order valence-electron chi connectivity index (χ4n) is 2.46. The van der Waals surface area contributed by atoms with Crippen molar-refractivity contribution in [1.29, 1.82) is 0 Å². The molecule has 2 aromatic carbocycles. The Kier molecular flexibility index (Phi) is 5.36. The van der Waals surface area contributed by atoms with Crippen LogP contribution in [0.1, 0.15) is 31.9 Å². The van der Waals surface area contributed by atoms with Gasteiger partial charge < -0.3 is 9.84 Å². The van der Waals surface area contributed by atoms with Gasteiger partial charge in [-0.15, -0.1) is 0 Å². The summed E-state index contributed by atoms with van der Waals surface area (Å²) in [6.07, 6.45) is 4.09. The smallest absolute Gasteiger partial charge is 0.308 e. The first-order valence-corrected chi connectivity index (χ1v) is 7.46. The topological polar surface area (TPSA) is 46.5 Å². The quantitative estimate of drug-likeness (QED) is 0.500. The molecular formula is C20H20O3. The van der Waals surface area contributed by atoms with Gasteiger partial charge in [0.05, 0.1) is 0 Å². The molecule has 0 fully saturated rings. The SMILES string of the molecule is C/C=C(/C(=C/C)c1ccc(OC(C)=O)cc1)c1ccc(O)cc1. The fraction of sp³-hybridized carbons (Fsp3) is 0.150. The van der Waals surface area contributed by atoms with Gasteiger partial charge in [-0.2, -0.15) is 0 Å². The van der Waals surface area contributed by atoms with Gasteiger partial charge in [0.1, 0.15) is 11.5 Å². The third-order valence-electron chi connectivity index (χ3n) is 3.47. The number of aromatic hydroxyl groups is 1. The van der Waals surface area contributed by atoms with E-state index in [2.05, 4.69) is 0 Å². The van der Waals surface area contributed by atoms with Crippen molar-refractivity contribution in [1.82, 2.24) is 0 Å². The van der Waals surface area contributed by atoms with Crippen molar-refractivity contribution in [2.24, 2.45) is 0 Å². The Morgan fingerprint density at radius 2 is 1.30 bits per heavy atom. The Bertz CT molecular complexity index is 735. The molecule has 3 heteroatoms. The van der Waals surface area contributed by atoms with E-state index in [0.717, 1.165) is 22.3 Å². The minimum absolute atomic E-state index is 0.247. The Morgan fingerprint density at radius 1 is 0.870 bits per heavy atom. The van der Waals surface area contributed by atoms with Gasteiger partial charge in [0.15, 0.2) is 0 Å². The average molecular weight is 308 g/mol. The van der Waals surface area contributed by atoms with Crippen LogP contribution in [0.3, 0.4) is 0 Å². The highest BCUT2D eigenvalue weighted by Crippen LogP contribution is 2.32. The lowest BCUT2D eigenvalue weighted by Gasteiger charge is -2.13. The number of esters is 1. The Morgan fingerprint density at radius 3 is 1.70 bits per heavy atom. The molecule has 118 valence electrons. The van der Waals surface area contributed by atoms with Gasteiger partial charge in [-0.3, -0.25) is 4.79 Å². The normalized spacial score (nSPS) is 12.1. The lowest BCUT2D eigenvalue weighted by molar-refractivity contribution is -0.131. The first kappa shape index (κ1) is 16.6. The molecule has 0 amide bonds. The summed E-state index contributed by atoms with van der Waals surface area (Å²) in [5, 5.41) is 9.45.